The number of methoxy groups -OCH3 is 1. The van der Waals surface area contributed by atoms with Gasteiger partial charge < -0.3 is 18.9 Å². The fraction of sp³-hybridized carbons (Fsp3) is 0.632. The molecule has 8 atom stereocenters. The summed E-state index contributed by atoms with van der Waals surface area (Å²) in [6, 6.07) is 6.78. The molecule has 4 aliphatic rings. The molecule has 0 N–H and O–H groups in total. The molecule has 0 aliphatic carbocycles. The summed E-state index contributed by atoms with van der Waals surface area (Å²) in [5.74, 6) is -1.47. The quantitative estimate of drug-likeness (QED) is 0.745. The van der Waals surface area contributed by atoms with Gasteiger partial charge in [0.05, 0.1) is 12.2 Å². The van der Waals surface area contributed by atoms with Crippen LogP contribution in [0.2, 0.25) is 0 Å². The summed E-state index contributed by atoms with van der Waals surface area (Å²) in [6.45, 7) is 3.88. The molecule has 4 saturated heterocycles. The highest BCUT2D eigenvalue weighted by Crippen LogP contribution is 2.52. The molecule has 8 heteroatoms. The van der Waals surface area contributed by atoms with Gasteiger partial charge in [-0.3, -0.25) is 0 Å². The van der Waals surface area contributed by atoms with Crippen molar-refractivity contribution in [1.82, 2.24) is 0 Å². The molecular weight excluding hydrogens is 365 g/mol. The average molecular weight is 386 g/mol. The number of esters is 1. The molecule has 148 valence electrons. The van der Waals surface area contributed by atoms with Crippen molar-refractivity contribution in [2.75, 3.05) is 7.11 Å². The van der Waals surface area contributed by atoms with E-state index in [0.29, 0.717) is 0 Å². The van der Waals surface area contributed by atoms with Gasteiger partial charge >= 0.3 is 12.1 Å². The molecule has 0 radical (unpaired) electrons. The molecule has 1 aromatic rings. The van der Waals surface area contributed by atoms with Crippen molar-refractivity contribution >= 4 is 5.97 Å². The first kappa shape index (κ1) is 18.7. The van der Waals surface area contributed by atoms with Crippen molar-refractivity contribution in [3.05, 3.63) is 35.9 Å². The molecule has 27 heavy (non-hydrogen) atoms. The number of ether oxygens (including phenoxy) is 4. The molecule has 0 saturated carbocycles. The van der Waals surface area contributed by atoms with Gasteiger partial charge in [-0.05, 0) is 0 Å². The normalized spacial score (nSPS) is 39.4. The van der Waals surface area contributed by atoms with Gasteiger partial charge in [-0.2, -0.15) is 13.2 Å². The maximum absolute atomic E-state index is 14.0. The summed E-state index contributed by atoms with van der Waals surface area (Å²) in [4.78, 5) is 12.9. The van der Waals surface area contributed by atoms with Gasteiger partial charge in [-0.25, -0.2) is 4.79 Å². The van der Waals surface area contributed by atoms with Crippen LogP contribution >= 0.6 is 0 Å². The highest BCUT2D eigenvalue weighted by atomic mass is 19.4. The van der Waals surface area contributed by atoms with E-state index in [9.17, 15) is 18.0 Å². The Morgan fingerprint density at radius 1 is 0.963 bits per heavy atom. The average Bonchev–Trinajstić information content (AvgIpc) is 3.04. The Kier molecular flexibility index (Phi) is 4.29. The third-order valence-corrected chi connectivity index (χ3v) is 6.09. The molecule has 2 unspecified atom stereocenters. The number of carbonyl (C=O) groups is 1. The Morgan fingerprint density at radius 2 is 1.56 bits per heavy atom. The second-order valence-electron chi connectivity index (χ2n) is 7.47. The van der Waals surface area contributed by atoms with E-state index in [2.05, 4.69) is 0 Å². The highest BCUT2D eigenvalue weighted by Gasteiger charge is 2.68. The summed E-state index contributed by atoms with van der Waals surface area (Å²) in [6.07, 6.45) is -7.21. The SMILES string of the molecule is COC(C(=O)O[C@H]1[C@@H]2O[C@@H]3C(C)[C@H]1O[C@H]2[C@@H]3C)(c1ccccc1)C(F)(F)F. The first-order chi connectivity index (χ1) is 12.7. The van der Waals surface area contributed by atoms with E-state index in [0.717, 1.165) is 7.11 Å². The van der Waals surface area contributed by atoms with Gasteiger partial charge in [0.1, 0.15) is 12.2 Å². The predicted molar refractivity (Wildman–Crippen MR) is 86.7 cm³/mol. The lowest BCUT2D eigenvalue weighted by Gasteiger charge is -2.40. The molecule has 0 spiro atoms. The summed E-state index contributed by atoms with van der Waals surface area (Å²) < 4.78 is 64.0. The Balaban J connectivity index is 1.66. The summed E-state index contributed by atoms with van der Waals surface area (Å²) >= 11 is 0. The van der Waals surface area contributed by atoms with Crippen LogP contribution in [0.5, 0.6) is 0 Å². The number of carbonyl (C=O) groups excluding carboxylic acids is 1. The fourth-order valence-corrected chi connectivity index (χ4v) is 4.72. The smallest absolute Gasteiger partial charge is 0.432 e. The lowest BCUT2D eigenvalue weighted by atomic mass is 9.87. The molecule has 0 aromatic heterocycles. The van der Waals surface area contributed by atoms with Crippen molar-refractivity contribution < 1.29 is 36.9 Å². The van der Waals surface area contributed by atoms with E-state index >= 15 is 0 Å². The molecule has 5 nitrogen and oxygen atoms in total. The second-order valence-corrected chi connectivity index (χ2v) is 7.47. The predicted octanol–water partition coefficient (Wildman–Crippen LogP) is 2.82. The van der Waals surface area contributed by atoms with E-state index in [1.54, 1.807) is 6.07 Å². The number of hydrogen-bond donors (Lipinski definition) is 0. The standard InChI is InChI=1S/C19H21F3O5/c1-9-12-10(2)14-16(15(25-12)13(9)26-14)27-17(23)18(24-3,19(20,21)22)11-7-5-4-6-8-11/h4-10,12-16H,1-3H3/t9-,10?,12+,13+,14-,15-,16-,18?/m1/s1. The van der Waals surface area contributed by atoms with Crippen molar-refractivity contribution in [2.24, 2.45) is 11.8 Å². The first-order valence-electron chi connectivity index (χ1n) is 8.91. The number of rotatable bonds is 4. The van der Waals surface area contributed by atoms with Crippen LogP contribution in [0.3, 0.4) is 0 Å². The zero-order valence-electron chi connectivity index (χ0n) is 15.1. The Labute approximate surface area is 154 Å². The topological polar surface area (TPSA) is 54.0 Å². The summed E-state index contributed by atoms with van der Waals surface area (Å²) in [5.41, 5.74) is -3.54. The van der Waals surface area contributed by atoms with Crippen LogP contribution in [0, 0.1) is 11.8 Å². The lowest BCUT2D eigenvalue weighted by Crippen LogP contribution is -2.56. The third kappa shape index (κ3) is 2.46. The maximum Gasteiger partial charge on any atom is 0.432 e. The zero-order chi connectivity index (χ0) is 19.6. The number of alkyl halides is 3. The molecule has 1 aromatic carbocycles. The van der Waals surface area contributed by atoms with E-state index < -0.39 is 36.1 Å². The maximum atomic E-state index is 14.0. The van der Waals surface area contributed by atoms with Crippen molar-refractivity contribution in [3.63, 3.8) is 0 Å². The minimum absolute atomic E-state index is 0.0300. The van der Waals surface area contributed by atoms with Crippen LogP contribution in [0.1, 0.15) is 19.4 Å². The minimum Gasteiger partial charge on any atom is -0.454 e. The fourth-order valence-electron chi connectivity index (χ4n) is 4.72. The highest BCUT2D eigenvalue weighted by molar-refractivity contribution is 5.83. The van der Waals surface area contributed by atoms with E-state index in [1.165, 1.54) is 24.3 Å². The van der Waals surface area contributed by atoms with E-state index in [-0.39, 0.29) is 29.6 Å². The van der Waals surface area contributed by atoms with Crippen molar-refractivity contribution in [2.45, 2.75) is 56.1 Å². The van der Waals surface area contributed by atoms with Crippen LogP contribution in [0.4, 0.5) is 13.2 Å². The zero-order valence-corrected chi connectivity index (χ0v) is 15.1. The van der Waals surface area contributed by atoms with Crippen LogP contribution in [-0.2, 0) is 29.3 Å². The van der Waals surface area contributed by atoms with Gasteiger partial charge in [-0.15, -0.1) is 0 Å². The molecule has 4 bridgehead atoms. The van der Waals surface area contributed by atoms with Crippen LogP contribution in [0.15, 0.2) is 30.3 Å². The Hall–Kier alpha value is -1.64. The molecule has 4 aliphatic heterocycles. The Bertz CT molecular complexity index is 720. The molecule has 5 rings (SSSR count). The summed E-state index contributed by atoms with van der Waals surface area (Å²) in [7, 11) is 0.853. The molecule has 4 fully saturated rings. The monoisotopic (exact) mass is 386 g/mol. The number of benzene rings is 1. The van der Waals surface area contributed by atoms with Crippen LogP contribution in [-0.4, -0.2) is 49.8 Å². The molecule has 0 amide bonds. The van der Waals surface area contributed by atoms with Gasteiger partial charge in [0.15, 0.2) is 6.10 Å². The van der Waals surface area contributed by atoms with Crippen LogP contribution < -0.4 is 0 Å². The number of halogens is 3. The van der Waals surface area contributed by atoms with Gasteiger partial charge in [-0.1, -0.05) is 44.2 Å². The van der Waals surface area contributed by atoms with E-state index in [1.807, 2.05) is 13.8 Å². The van der Waals surface area contributed by atoms with E-state index in [4.69, 9.17) is 18.9 Å². The van der Waals surface area contributed by atoms with Crippen molar-refractivity contribution in [3.8, 4) is 0 Å². The molecule has 4 heterocycles. The van der Waals surface area contributed by atoms with Gasteiger partial charge in [0.25, 0.3) is 5.60 Å². The minimum atomic E-state index is -5.00. The largest absolute Gasteiger partial charge is 0.454 e. The van der Waals surface area contributed by atoms with Crippen LogP contribution in [0.25, 0.3) is 0 Å². The van der Waals surface area contributed by atoms with Gasteiger partial charge in [0, 0.05) is 24.5 Å². The first-order valence-corrected chi connectivity index (χ1v) is 8.91. The Morgan fingerprint density at radius 3 is 2.15 bits per heavy atom. The molecular formula is C19H21F3O5. The van der Waals surface area contributed by atoms with Crippen molar-refractivity contribution in [1.29, 1.82) is 0 Å². The lowest BCUT2D eigenvalue weighted by molar-refractivity contribution is -0.282. The van der Waals surface area contributed by atoms with Gasteiger partial charge in [0.2, 0.25) is 0 Å². The summed E-state index contributed by atoms with van der Waals surface area (Å²) in [5, 5.41) is 0. The second kappa shape index (κ2) is 6.18. The third-order valence-electron chi connectivity index (χ3n) is 6.09. The number of hydrogen-bond acceptors (Lipinski definition) is 5.